The molecule has 0 fully saturated rings. The highest BCUT2D eigenvalue weighted by Gasteiger charge is 2.23. The van der Waals surface area contributed by atoms with Gasteiger partial charge in [-0.15, -0.1) is 0 Å². The maximum atomic E-state index is 12.7. The zero-order valence-electron chi connectivity index (χ0n) is 14.9. The van der Waals surface area contributed by atoms with E-state index in [1.807, 2.05) is 0 Å². The molecule has 1 N–H and O–H groups in total. The molecular formula is C22H14O7. The summed E-state index contributed by atoms with van der Waals surface area (Å²) in [6, 6.07) is 19.6. The van der Waals surface area contributed by atoms with E-state index in [0.29, 0.717) is 5.56 Å². The first-order valence-electron chi connectivity index (χ1n) is 8.43. The Morgan fingerprint density at radius 2 is 0.966 bits per heavy atom. The molecule has 0 atom stereocenters. The van der Waals surface area contributed by atoms with E-state index in [0.717, 1.165) is 0 Å². The van der Waals surface area contributed by atoms with Crippen molar-refractivity contribution in [1.29, 1.82) is 0 Å². The fourth-order valence-electron chi connectivity index (χ4n) is 2.62. The monoisotopic (exact) mass is 390 g/mol. The summed E-state index contributed by atoms with van der Waals surface area (Å²) in [5.74, 6) is -3.95. The van der Waals surface area contributed by atoms with E-state index in [2.05, 4.69) is 9.78 Å². The Morgan fingerprint density at radius 3 is 1.48 bits per heavy atom. The van der Waals surface area contributed by atoms with Crippen molar-refractivity contribution < 1.29 is 34.1 Å². The van der Waals surface area contributed by atoms with Crippen molar-refractivity contribution in [2.45, 2.75) is 0 Å². The smallest absolute Gasteiger partial charge is 0.387 e. The van der Waals surface area contributed by atoms with E-state index in [-0.39, 0.29) is 22.3 Å². The van der Waals surface area contributed by atoms with Crippen LogP contribution in [0.1, 0.15) is 47.0 Å². The summed E-state index contributed by atoms with van der Waals surface area (Å²) in [4.78, 5) is 57.4. The van der Waals surface area contributed by atoms with Crippen molar-refractivity contribution in [3.63, 3.8) is 0 Å². The predicted molar refractivity (Wildman–Crippen MR) is 101 cm³/mol. The average Bonchev–Trinajstić information content (AvgIpc) is 2.77. The first kappa shape index (κ1) is 19.5. The zero-order valence-corrected chi connectivity index (χ0v) is 14.9. The number of hydrogen-bond acceptors (Lipinski definition) is 6. The summed E-state index contributed by atoms with van der Waals surface area (Å²) in [5, 5.41) is 9.12. The second-order valence-corrected chi connectivity index (χ2v) is 5.83. The number of carbonyl (C=O) groups is 4. The molecule has 3 aromatic rings. The van der Waals surface area contributed by atoms with Crippen LogP contribution in [0.4, 0.5) is 0 Å². The van der Waals surface area contributed by atoms with Crippen LogP contribution >= 0.6 is 0 Å². The van der Waals surface area contributed by atoms with Crippen LogP contribution in [0.25, 0.3) is 0 Å². The van der Waals surface area contributed by atoms with E-state index in [1.165, 1.54) is 42.5 Å². The van der Waals surface area contributed by atoms with Crippen molar-refractivity contribution in [1.82, 2.24) is 0 Å². The van der Waals surface area contributed by atoms with Crippen LogP contribution in [-0.2, 0) is 9.78 Å². The van der Waals surface area contributed by atoms with Crippen LogP contribution in [0.3, 0.4) is 0 Å². The quantitative estimate of drug-likeness (QED) is 0.403. The minimum atomic E-state index is -1.33. The van der Waals surface area contributed by atoms with Gasteiger partial charge in [-0.25, -0.2) is 24.2 Å². The first-order chi connectivity index (χ1) is 14.0. The molecule has 3 aromatic carbocycles. The van der Waals surface area contributed by atoms with Gasteiger partial charge < -0.3 is 5.11 Å². The molecule has 29 heavy (non-hydrogen) atoms. The standard InChI is InChI=1S/C22H14O7/c23-19(14-8-2-1-3-9-14)15-10-4-6-12-17(15)21(26)28-29-22(27)18-13-7-5-11-16(18)20(24)25/h1-13H,(H,24,25). The lowest BCUT2D eigenvalue weighted by atomic mass is 9.98. The molecule has 7 heteroatoms. The Labute approximate surface area is 165 Å². The van der Waals surface area contributed by atoms with Crippen molar-refractivity contribution >= 4 is 23.7 Å². The lowest BCUT2D eigenvalue weighted by Gasteiger charge is -2.08. The molecule has 0 saturated heterocycles. The molecule has 0 aromatic heterocycles. The van der Waals surface area contributed by atoms with Gasteiger partial charge in [-0.05, 0) is 18.2 Å². The molecule has 7 nitrogen and oxygen atoms in total. The number of ketones is 1. The molecule has 0 aliphatic carbocycles. The molecule has 3 rings (SSSR count). The summed E-state index contributed by atoms with van der Waals surface area (Å²) in [7, 11) is 0. The second-order valence-electron chi connectivity index (χ2n) is 5.83. The summed E-state index contributed by atoms with van der Waals surface area (Å²) in [5.41, 5.74) is -0.221. The number of hydrogen-bond donors (Lipinski definition) is 1. The van der Waals surface area contributed by atoms with E-state index in [9.17, 15) is 19.2 Å². The van der Waals surface area contributed by atoms with Gasteiger partial charge in [-0.3, -0.25) is 4.79 Å². The van der Waals surface area contributed by atoms with Crippen LogP contribution < -0.4 is 0 Å². The number of aromatic carboxylic acids is 1. The lowest BCUT2D eigenvalue weighted by Crippen LogP contribution is -2.17. The van der Waals surface area contributed by atoms with Gasteiger partial charge >= 0.3 is 17.9 Å². The Hall–Kier alpha value is -4.26. The van der Waals surface area contributed by atoms with Gasteiger partial charge in [0.1, 0.15) is 0 Å². The zero-order chi connectivity index (χ0) is 20.8. The first-order valence-corrected chi connectivity index (χ1v) is 8.43. The summed E-state index contributed by atoms with van der Waals surface area (Å²) >= 11 is 0. The van der Waals surface area contributed by atoms with Crippen molar-refractivity contribution in [2.75, 3.05) is 0 Å². The molecule has 144 valence electrons. The molecule has 0 aliphatic rings. The molecule has 0 radical (unpaired) electrons. The summed E-state index contributed by atoms with van der Waals surface area (Å²) < 4.78 is 0. The fourth-order valence-corrected chi connectivity index (χ4v) is 2.62. The van der Waals surface area contributed by atoms with Crippen molar-refractivity contribution in [3.8, 4) is 0 Å². The molecule has 0 unspecified atom stereocenters. The van der Waals surface area contributed by atoms with Gasteiger partial charge in [-0.1, -0.05) is 60.7 Å². The van der Waals surface area contributed by atoms with Crippen LogP contribution in [0.5, 0.6) is 0 Å². The average molecular weight is 390 g/mol. The maximum absolute atomic E-state index is 12.7. The van der Waals surface area contributed by atoms with Crippen LogP contribution in [0.2, 0.25) is 0 Å². The number of carbonyl (C=O) groups excluding carboxylic acids is 3. The number of benzene rings is 3. The van der Waals surface area contributed by atoms with Gasteiger partial charge in [0.05, 0.1) is 16.7 Å². The SMILES string of the molecule is O=C(O)c1ccccc1C(=O)OOC(=O)c1ccccc1C(=O)c1ccccc1. The minimum absolute atomic E-state index is 0.0747. The molecule has 0 aliphatic heterocycles. The molecule has 0 bridgehead atoms. The molecule has 0 heterocycles. The Bertz CT molecular complexity index is 1090. The fraction of sp³-hybridized carbons (Fsp3) is 0. The summed E-state index contributed by atoms with van der Waals surface area (Å²) in [6.45, 7) is 0. The third-order valence-electron chi connectivity index (χ3n) is 4.00. The van der Waals surface area contributed by atoms with E-state index >= 15 is 0 Å². The van der Waals surface area contributed by atoms with Crippen molar-refractivity contribution in [2.24, 2.45) is 0 Å². The third kappa shape index (κ3) is 4.36. The maximum Gasteiger partial charge on any atom is 0.387 e. The van der Waals surface area contributed by atoms with Gasteiger partial charge in [0.15, 0.2) is 5.78 Å². The van der Waals surface area contributed by atoms with E-state index in [1.54, 1.807) is 36.4 Å². The van der Waals surface area contributed by atoms with Gasteiger partial charge in [0.2, 0.25) is 0 Å². The highest BCUT2D eigenvalue weighted by molar-refractivity contribution is 6.14. The molecule has 0 saturated carbocycles. The lowest BCUT2D eigenvalue weighted by molar-refractivity contribution is -0.187. The van der Waals surface area contributed by atoms with Gasteiger partial charge in [-0.2, -0.15) is 0 Å². The van der Waals surface area contributed by atoms with Crippen LogP contribution in [0.15, 0.2) is 78.9 Å². The Morgan fingerprint density at radius 1 is 0.552 bits per heavy atom. The molecule has 0 amide bonds. The number of carboxylic acids is 1. The summed E-state index contributed by atoms with van der Waals surface area (Å²) in [6.07, 6.45) is 0. The van der Waals surface area contributed by atoms with Gasteiger partial charge in [0, 0.05) is 11.1 Å². The van der Waals surface area contributed by atoms with E-state index in [4.69, 9.17) is 5.11 Å². The largest absolute Gasteiger partial charge is 0.478 e. The predicted octanol–water partition coefficient (Wildman–Crippen LogP) is 3.54. The highest BCUT2D eigenvalue weighted by atomic mass is 17.2. The number of rotatable bonds is 5. The second kappa shape index (κ2) is 8.62. The number of carboxylic acid groups (broad SMARTS) is 1. The van der Waals surface area contributed by atoms with Gasteiger partial charge in [0.25, 0.3) is 0 Å². The normalized spacial score (nSPS) is 10.1. The molecule has 0 spiro atoms. The topological polar surface area (TPSA) is 107 Å². The van der Waals surface area contributed by atoms with Crippen LogP contribution in [0, 0.1) is 0 Å². The third-order valence-corrected chi connectivity index (χ3v) is 4.00. The Kier molecular flexibility index (Phi) is 5.80. The minimum Gasteiger partial charge on any atom is -0.478 e. The van der Waals surface area contributed by atoms with Crippen LogP contribution in [-0.4, -0.2) is 28.8 Å². The highest BCUT2D eigenvalue weighted by Crippen LogP contribution is 2.17. The van der Waals surface area contributed by atoms with E-state index < -0.39 is 23.7 Å². The Balaban J connectivity index is 1.78. The van der Waals surface area contributed by atoms with Crippen molar-refractivity contribution in [3.05, 3.63) is 107 Å². The molecular weight excluding hydrogens is 376 g/mol.